The summed E-state index contributed by atoms with van der Waals surface area (Å²) in [4.78, 5) is 23.3. The van der Waals surface area contributed by atoms with Crippen molar-refractivity contribution < 1.29 is 14.3 Å². The molecule has 174 valence electrons. The van der Waals surface area contributed by atoms with Crippen LogP contribution < -0.4 is 4.74 Å². The molecule has 0 radical (unpaired) electrons. The van der Waals surface area contributed by atoms with Gasteiger partial charge in [0.25, 0.3) is 0 Å². The van der Waals surface area contributed by atoms with Crippen molar-refractivity contribution >= 4 is 11.6 Å². The first kappa shape index (κ1) is 28.5. The van der Waals surface area contributed by atoms with E-state index in [1.54, 1.807) is 23.3 Å². The number of hydrogen-bond acceptors (Lipinski definition) is 5. The lowest BCUT2D eigenvalue weighted by atomic mass is 10.0. The van der Waals surface area contributed by atoms with Crippen LogP contribution in [-0.2, 0) is 4.79 Å². The van der Waals surface area contributed by atoms with Gasteiger partial charge >= 0.3 is 0 Å². The van der Waals surface area contributed by atoms with Gasteiger partial charge < -0.3 is 4.74 Å². The summed E-state index contributed by atoms with van der Waals surface area (Å²) in [6.45, 7) is 15.0. The smallest absolute Gasteiger partial charge is 0.165 e. The van der Waals surface area contributed by atoms with Crippen LogP contribution in [0, 0.1) is 5.92 Å². The Morgan fingerprint density at radius 2 is 1.87 bits per heavy atom. The molecule has 0 saturated heterocycles. The Hall–Kier alpha value is -2.50. The van der Waals surface area contributed by atoms with Crippen LogP contribution in [0.3, 0.4) is 0 Å². The van der Waals surface area contributed by atoms with Gasteiger partial charge in [-0.15, -0.1) is 0 Å². The van der Waals surface area contributed by atoms with Gasteiger partial charge in [0.15, 0.2) is 5.78 Å². The number of carbonyl (C=O) groups excluding carboxylic acids is 2. The van der Waals surface area contributed by atoms with Gasteiger partial charge in [0, 0.05) is 37.1 Å². The fourth-order valence-corrected chi connectivity index (χ4v) is 2.70. The van der Waals surface area contributed by atoms with E-state index >= 15 is 0 Å². The molecule has 0 aliphatic heterocycles. The highest BCUT2D eigenvalue weighted by molar-refractivity contribution is 5.97. The summed E-state index contributed by atoms with van der Waals surface area (Å²) in [5.41, 5.74) is 0.663. The van der Waals surface area contributed by atoms with Crippen molar-refractivity contribution in [3.63, 3.8) is 0 Å². The van der Waals surface area contributed by atoms with Crippen LogP contribution in [0.25, 0.3) is 0 Å². The lowest BCUT2D eigenvalue weighted by Crippen LogP contribution is -2.11. The molecule has 1 aromatic rings. The van der Waals surface area contributed by atoms with Crippen LogP contribution in [-0.4, -0.2) is 36.3 Å². The van der Waals surface area contributed by atoms with Crippen LogP contribution in [0.4, 0.5) is 0 Å². The van der Waals surface area contributed by atoms with Crippen molar-refractivity contribution in [2.24, 2.45) is 16.3 Å². The van der Waals surface area contributed by atoms with Gasteiger partial charge in [0.2, 0.25) is 0 Å². The third kappa shape index (κ3) is 13.4. The number of Topliss-reactive ketones (excluding diaryl/α,β-unsaturated/α-hetero) is 2. The average Bonchev–Trinajstić information content (AvgIpc) is 2.80. The molecule has 6 heteroatoms. The van der Waals surface area contributed by atoms with Crippen LogP contribution in [0.15, 0.2) is 47.4 Å². The maximum atomic E-state index is 12.1. The Labute approximate surface area is 188 Å². The summed E-state index contributed by atoms with van der Waals surface area (Å²) < 4.78 is 5.67. The second kappa shape index (κ2) is 18.3. The van der Waals surface area contributed by atoms with Gasteiger partial charge in [0.05, 0.1) is 6.54 Å². The molecule has 0 bridgehead atoms. The molecule has 0 aliphatic carbocycles. The first-order valence-electron chi connectivity index (χ1n) is 11.5. The lowest BCUT2D eigenvalue weighted by Gasteiger charge is -2.12. The van der Waals surface area contributed by atoms with E-state index in [0.29, 0.717) is 43.1 Å². The summed E-state index contributed by atoms with van der Waals surface area (Å²) in [5.74, 6) is 1.07. The molecule has 6 nitrogen and oxygen atoms in total. The number of unbranched alkanes of at least 4 members (excludes halogenated alkanes) is 3. The molecule has 0 amide bonds. The third-order valence-corrected chi connectivity index (χ3v) is 4.48. The summed E-state index contributed by atoms with van der Waals surface area (Å²) >= 11 is 0. The van der Waals surface area contributed by atoms with E-state index in [-0.39, 0.29) is 11.7 Å². The zero-order valence-corrected chi connectivity index (χ0v) is 20.1. The van der Waals surface area contributed by atoms with E-state index < -0.39 is 0 Å². The molecule has 1 rings (SSSR count). The minimum Gasteiger partial charge on any atom is -0.492 e. The van der Waals surface area contributed by atoms with Crippen LogP contribution in [0.1, 0.15) is 83.5 Å². The monoisotopic (exact) mass is 431 g/mol. The lowest BCUT2D eigenvalue weighted by molar-refractivity contribution is -0.118. The Kier molecular flexibility index (Phi) is 16.8. The van der Waals surface area contributed by atoms with Crippen molar-refractivity contribution in [2.45, 2.75) is 73.1 Å². The first-order chi connectivity index (χ1) is 15.0. The van der Waals surface area contributed by atoms with Crippen molar-refractivity contribution in [1.82, 2.24) is 5.01 Å². The highest BCUT2D eigenvalue weighted by Crippen LogP contribution is 2.16. The van der Waals surface area contributed by atoms with Crippen LogP contribution in [0.2, 0.25) is 0 Å². The standard InChI is InChI=1S/C23H35N3O3.C2H6/c1-5-21(27)13-9-7-8-10-16-26(6-2)25-24-15-17-29-22-14-11-12-20(18-22)23(28)19(3)4;1-2/h6,11-12,14,18-19H,2,5,7-10,13,15-17H2,1,3-4H3;1-2H3. The van der Waals surface area contributed by atoms with Gasteiger partial charge in [-0.3, -0.25) is 14.6 Å². The van der Waals surface area contributed by atoms with Crippen molar-refractivity contribution in [3.8, 4) is 5.75 Å². The largest absolute Gasteiger partial charge is 0.492 e. The van der Waals surface area contributed by atoms with Crippen LogP contribution in [0.5, 0.6) is 5.75 Å². The normalized spacial score (nSPS) is 10.5. The minimum atomic E-state index is -0.0391. The number of benzene rings is 1. The van der Waals surface area contributed by atoms with Gasteiger partial charge in [-0.05, 0) is 25.0 Å². The molecule has 0 heterocycles. The first-order valence-corrected chi connectivity index (χ1v) is 11.5. The Bertz CT molecular complexity index is 672. The fraction of sp³-hybridized carbons (Fsp3) is 0.600. The second-order valence-electron chi connectivity index (χ2n) is 7.25. The molecule has 31 heavy (non-hydrogen) atoms. The molecule has 0 N–H and O–H groups in total. The van der Waals surface area contributed by atoms with E-state index in [1.807, 2.05) is 46.8 Å². The molecular formula is C25H41N3O3. The second-order valence-corrected chi connectivity index (χ2v) is 7.25. The molecule has 0 aromatic heterocycles. The molecule has 0 unspecified atom stereocenters. The molecule has 0 atom stereocenters. The summed E-state index contributed by atoms with van der Waals surface area (Å²) in [6.07, 6.45) is 7.05. The highest BCUT2D eigenvalue weighted by atomic mass is 16.5. The summed E-state index contributed by atoms with van der Waals surface area (Å²) in [6, 6.07) is 7.23. The van der Waals surface area contributed by atoms with E-state index in [4.69, 9.17) is 4.74 Å². The Morgan fingerprint density at radius 3 is 2.52 bits per heavy atom. The Morgan fingerprint density at radius 1 is 1.16 bits per heavy atom. The predicted molar refractivity (Wildman–Crippen MR) is 127 cm³/mol. The van der Waals surface area contributed by atoms with E-state index in [0.717, 1.165) is 32.2 Å². The number of rotatable bonds is 16. The number of hydrogen-bond donors (Lipinski definition) is 0. The molecular weight excluding hydrogens is 390 g/mol. The molecule has 1 aromatic carbocycles. The average molecular weight is 432 g/mol. The SMILES string of the molecule is C=CN(CCCCCCC(=O)CC)N=NCCOc1cccc(C(=O)C(C)C)c1.CC. The third-order valence-electron chi connectivity index (χ3n) is 4.48. The van der Waals surface area contributed by atoms with E-state index in [2.05, 4.69) is 16.9 Å². The molecule has 0 spiro atoms. The Balaban J connectivity index is 0.00000436. The van der Waals surface area contributed by atoms with Gasteiger partial charge in [-0.25, -0.2) is 0 Å². The van der Waals surface area contributed by atoms with Crippen molar-refractivity contribution in [3.05, 3.63) is 42.6 Å². The van der Waals surface area contributed by atoms with Gasteiger partial charge in [-0.1, -0.05) is 71.4 Å². The quantitative estimate of drug-likeness (QED) is 0.127. The van der Waals surface area contributed by atoms with Crippen molar-refractivity contribution in [1.29, 1.82) is 0 Å². The number of ketones is 2. The van der Waals surface area contributed by atoms with Gasteiger partial charge in [-0.2, -0.15) is 5.11 Å². The predicted octanol–water partition coefficient (Wildman–Crippen LogP) is 6.67. The number of nitrogens with zero attached hydrogens (tertiary/aromatic N) is 3. The summed E-state index contributed by atoms with van der Waals surface area (Å²) in [5, 5.41) is 10.0. The number of ether oxygens (including phenoxy) is 1. The fourth-order valence-electron chi connectivity index (χ4n) is 2.70. The highest BCUT2D eigenvalue weighted by Gasteiger charge is 2.10. The van der Waals surface area contributed by atoms with Crippen LogP contribution >= 0.6 is 0 Å². The molecule has 0 fully saturated rings. The topological polar surface area (TPSA) is 71.3 Å². The maximum Gasteiger partial charge on any atom is 0.165 e. The zero-order valence-electron chi connectivity index (χ0n) is 20.1. The minimum absolute atomic E-state index is 0.0391. The summed E-state index contributed by atoms with van der Waals surface area (Å²) in [7, 11) is 0. The van der Waals surface area contributed by atoms with E-state index in [9.17, 15) is 9.59 Å². The van der Waals surface area contributed by atoms with Gasteiger partial charge in [0.1, 0.15) is 18.1 Å². The maximum absolute atomic E-state index is 12.1. The van der Waals surface area contributed by atoms with E-state index in [1.165, 1.54) is 0 Å². The zero-order chi connectivity index (χ0) is 23.5. The van der Waals surface area contributed by atoms with Crippen molar-refractivity contribution in [2.75, 3.05) is 19.7 Å². The number of carbonyl (C=O) groups is 2. The molecule has 0 aliphatic rings. The molecule has 0 saturated carbocycles.